The third-order valence-corrected chi connectivity index (χ3v) is 6.04. The monoisotopic (exact) mass is 417 g/mol. The largest absolute Gasteiger partial charge is 0.376 e. The lowest BCUT2D eigenvalue weighted by Gasteiger charge is -2.19. The first kappa shape index (κ1) is 19.2. The summed E-state index contributed by atoms with van der Waals surface area (Å²) in [5, 5.41) is 0.589. The Morgan fingerprint density at radius 3 is 2.43 bits per heavy atom. The van der Waals surface area contributed by atoms with E-state index in [1.807, 2.05) is 0 Å². The van der Waals surface area contributed by atoms with Crippen LogP contribution in [-0.2, 0) is 14.3 Å². The number of hydrogen-bond donors (Lipinski definition) is 0. The summed E-state index contributed by atoms with van der Waals surface area (Å²) in [4.78, 5) is 28.6. The number of imide groups is 1. The molecular weight excluding hydrogens is 401 g/mol. The predicted octanol–water partition coefficient (Wildman–Crippen LogP) is 4.53. The van der Waals surface area contributed by atoms with E-state index in [0.29, 0.717) is 27.7 Å². The first-order valence-electron chi connectivity index (χ1n) is 8.94. The zero-order chi connectivity index (χ0) is 19.7. The van der Waals surface area contributed by atoms with Gasteiger partial charge in [-0.25, -0.2) is 4.39 Å². The molecule has 4 nitrogen and oxygen atoms in total. The molecule has 2 aliphatic heterocycles. The Labute approximate surface area is 171 Å². The lowest BCUT2D eigenvalue weighted by atomic mass is 10.1. The van der Waals surface area contributed by atoms with Crippen molar-refractivity contribution in [3.05, 3.63) is 69.8 Å². The van der Waals surface area contributed by atoms with Crippen molar-refractivity contribution >= 4 is 40.8 Å². The van der Waals surface area contributed by atoms with Gasteiger partial charge in [-0.1, -0.05) is 35.5 Å². The van der Waals surface area contributed by atoms with Gasteiger partial charge in [0.25, 0.3) is 11.8 Å². The molecule has 0 spiro atoms. The van der Waals surface area contributed by atoms with E-state index >= 15 is 0 Å². The van der Waals surface area contributed by atoms with E-state index < -0.39 is 5.82 Å². The number of hydrogen-bond acceptors (Lipinski definition) is 4. The molecule has 0 aromatic heterocycles. The minimum atomic E-state index is -0.399. The molecule has 2 aromatic carbocycles. The number of carbonyl (C=O) groups excluding carboxylic acids is 2. The maximum atomic E-state index is 13.4. The molecule has 144 valence electrons. The van der Waals surface area contributed by atoms with Gasteiger partial charge in [0.2, 0.25) is 0 Å². The molecular formula is C21H17ClFNO3S. The first-order valence-corrected chi connectivity index (χ1v) is 10.1. The highest BCUT2D eigenvalue weighted by Gasteiger charge is 2.40. The highest BCUT2D eigenvalue weighted by molar-refractivity contribution is 8.04. The van der Waals surface area contributed by atoms with Crippen molar-refractivity contribution in [2.24, 2.45) is 0 Å². The Kier molecular flexibility index (Phi) is 5.53. The highest BCUT2D eigenvalue weighted by Crippen LogP contribution is 2.40. The molecule has 2 heterocycles. The molecule has 1 saturated heterocycles. The van der Waals surface area contributed by atoms with E-state index in [2.05, 4.69) is 0 Å². The van der Waals surface area contributed by atoms with Gasteiger partial charge >= 0.3 is 0 Å². The third kappa shape index (κ3) is 3.85. The fourth-order valence-electron chi connectivity index (χ4n) is 3.30. The van der Waals surface area contributed by atoms with Crippen LogP contribution in [0.25, 0.3) is 5.57 Å². The smallest absolute Gasteiger partial charge is 0.268 e. The van der Waals surface area contributed by atoms with Crippen molar-refractivity contribution in [1.29, 1.82) is 0 Å². The Morgan fingerprint density at radius 2 is 1.79 bits per heavy atom. The number of ether oxygens (including phenoxy) is 1. The van der Waals surface area contributed by atoms with Crippen LogP contribution in [0.2, 0.25) is 5.02 Å². The van der Waals surface area contributed by atoms with E-state index in [1.54, 1.807) is 24.3 Å². The second kappa shape index (κ2) is 8.07. The number of carbonyl (C=O) groups is 2. The molecule has 1 fully saturated rings. The number of halogens is 2. The molecule has 2 aliphatic rings. The zero-order valence-electron chi connectivity index (χ0n) is 14.9. The van der Waals surface area contributed by atoms with Crippen molar-refractivity contribution in [3.63, 3.8) is 0 Å². The molecule has 0 bridgehead atoms. The van der Waals surface area contributed by atoms with Gasteiger partial charge in [0.1, 0.15) is 5.82 Å². The predicted molar refractivity (Wildman–Crippen MR) is 106 cm³/mol. The summed E-state index contributed by atoms with van der Waals surface area (Å²) >= 11 is 7.15. The molecule has 0 saturated carbocycles. The van der Waals surface area contributed by atoms with Crippen LogP contribution in [0.1, 0.15) is 18.4 Å². The molecule has 0 radical (unpaired) electrons. The fraction of sp³-hybridized carbons (Fsp3) is 0.238. The topological polar surface area (TPSA) is 46.6 Å². The minimum absolute atomic E-state index is 0.137. The van der Waals surface area contributed by atoms with E-state index in [4.69, 9.17) is 16.3 Å². The van der Waals surface area contributed by atoms with Crippen LogP contribution in [0.4, 0.5) is 4.39 Å². The Morgan fingerprint density at radius 1 is 1.07 bits per heavy atom. The number of nitrogens with zero attached hydrogens (tertiary/aromatic N) is 1. The minimum Gasteiger partial charge on any atom is -0.376 e. The van der Waals surface area contributed by atoms with Crippen molar-refractivity contribution in [3.8, 4) is 0 Å². The highest BCUT2D eigenvalue weighted by atomic mass is 35.5. The number of thioether (sulfide) groups is 1. The van der Waals surface area contributed by atoms with Gasteiger partial charge < -0.3 is 4.74 Å². The van der Waals surface area contributed by atoms with Crippen molar-refractivity contribution in [2.75, 3.05) is 13.2 Å². The normalized spacial score (nSPS) is 19.8. The lowest BCUT2D eigenvalue weighted by molar-refractivity contribution is -0.138. The average Bonchev–Trinajstić information content (AvgIpc) is 3.28. The zero-order valence-corrected chi connectivity index (χ0v) is 16.4. The summed E-state index contributed by atoms with van der Waals surface area (Å²) in [5.41, 5.74) is 0.814. The lowest BCUT2D eigenvalue weighted by Crippen LogP contribution is -2.37. The molecule has 7 heteroatoms. The summed E-state index contributed by atoms with van der Waals surface area (Å²) in [6.45, 7) is 0.874. The summed E-state index contributed by atoms with van der Waals surface area (Å²) in [6.07, 6.45) is 1.61. The molecule has 2 aromatic rings. The average molecular weight is 418 g/mol. The maximum Gasteiger partial charge on any atom is 0.268 e. The molecule has 1 unspecified atom stereocenters. The van der Waals surface area contributed by atoms with Gasteiger partial charge in [-0.15, -0.1) is 0 Å². The van der Waals surface area contributed by atoms with E-state index in [1.165, 1.54) is 40.9 Å². The van der Waals surface area contributed by atoms with Crippen molar-refractivity contribution in [1.82, 2.24) is 4.90 Å². The van der Waals surface area contributed by atoms with Crippen LogP contribution in [0.15, 0.2) is 58.3 Å². The summed E-state index contributed by atoms with van der Waals surface area (Å²) in [7, 11) is 0. The second-order valence-corrected chi connectivity index (χ2v) is 8.14. The summed E-state index contributed by atoms with van der Waals surface area (Å²) in [6, 6.07) is 12.7. The van der Waals surface area contributed by atoms with Crippen molar-refractivity contribution in [2.45, 2.75) is 23.8 Å². The standard InChI is InChI=1S/C21H17ClFNO3S/c22-14-5-9-17(10-6-14)28-19-18(13-3-7-15(23)8-4-13)20(25)24(21(19)26)12-16-2-1-11-27-16/h3-10,16H,1-2,11-12H2. The first-order chi connectivity index (χ1) is 13.5. The van der Waals surface area contributed by atoms with Crippen LogP contribution in [-0.4, -0.2) is 36.0 Å². The van der Waals surface area contributed by atoms with Crippen LogP contribution in [0.3, 0.4) is 0 Å². The molecule has 28 heavy (non-hydrogen) atoms. The number of amides is 2. The van der Waals surface area contributed by atoms with Crippen LogP contribution in [0, 0.1) is 5.82 Å². The van der Waals surface area contributed by atoms with E-state index in [0.717, 1.165) is 17.7 Å². The van der Waals surface area contributed by atoms with Gasteiger partial charge in [0.05, 0.1) is 23.1 Å². The Hall–Kier alpha value is -2.15. The Balaban J connectivity index is 1.70. The SMILES string of the molecule is O=C1C(Sc2ccc(Cl)cc2)=C(c2ccc(F)cc2)C(=O)N1CC1CCCO1. The maximum absolute atomic E-state index is 13.4. The van der Waals surface area contributed by atoms with Gasteiger partial charge in [-0.2, -0.15) is 0 Å². The van der Waals surface area contributed by atoms with E-state index in [9.17, 15) is 14.0 Å². The molecule has 2 amide bonds. The van der Waals surface area contributed by atoms with Gasteiger partial charge in [-0.05, 0) is 54.8 Å². The molecule has 1 atom stereocenters. The number of rotatable bonds is 5. The van der Waals surface area contributed by atoms with Crippen LogP contribution in [0.5, 0.6) is 0 Å². The summed E-state index contributed by atoms with van der Waals surface area (Å²) < 4.78 is 19.0. The van der Waals surface area contributed by atoms with Crippen LogP contribution < -0.4 is 0 Å². The fourth-order valence-corrected chi connectivity index (χ4v) is 4.44. The Bertz CT molecular complexity index is 937. The second-order valence-electron chi connectivity index (χ2n) is 6.62. The van der Waals surface area contributed by atoms with Gasteiger partial charge in [0.15, 0.2) is 0 Å². The number of benzene rings is 2. The molecule has 0 aliphatic carbocycles. The molecule has 0 N–H and O–H groups in total. The van der Waals surface area contributed by atoms with Crippen LogP contribution >= 0.6 is 23.4 Å². The van der Waals surface area contributed by atoms with Gasteiger partial charge in [-0.3, -0.25) is 14.5 Å². The molecule has 4 rings (SSSR count). The summed E-state index contributed by atoms with van der Waals surface area (Å²) in [5.74, 6) is -1.12. The quantitative estimate of drug-likeness (QED) is 0.670. The van der Waals surface area contributed by atoms with E-state index in [-0.39, 0.29) is 24.5 Å². The third-order valence-electron chi connectivity index (χ3n) is 4.70. The van der Waals surface area contributed by atoms with Crippen molar-refractivity contribution < 1.29 is 18.7 Å². The van der Waals surface area contributed by atoms with Gasteiger partial charge in [0, 0.05) is 16.5 Å².